The van der Waals surface area contributed by atoms with E-state index < -0.39 is 0 Å². The highest BCUT2D eigenvalue weighted by Crippen LogP contribution is 2.42. The quantitative estimate of drug-likeness (QED) is 0.135. The number of fused-ring (bicyclic) bond motifs is 8. The van der Waals surface area contributed by atoms with Gasteiger partial charge in [0.1, 0.15) is 11.4 Å². The predicted octanol–water partition coefficient (Wildman–Crippen LogP) is 15.5. The van der Waals surface area contributed by atoms with Gasteiger partial charge in [-0.2, -0.15) is 0 Å². The maximum Gasteiger partial charge on any atom is 0.168 e. The lowest BCUT2D eigenvalue weighted by atomic mass is 9.78. The maximum absolute atomic E-state index is 6.74. The Morgan fingerprint density at radius 3 is 1.03 bits per heavy atom. The molecule has 5 aromatic rings. The summed E-state index contributed by atoms with van der Waals surface area (Å²) in [6.45, 7) is 33.0. The smallest absolute Gasteiger partial charge is 0.168 e. The summed E-state index contributed by atoms with van der Waals surface area (Å²) in [6.07, 6.45) is 12.4. The topological polar surface area (TPSA) is 75.8 Å². The zero-order valence-electron chi connectivity index (χ0n) is 40.0. The maximum atomic E-state index is 6.74. The second-order valence-electron chi connectivity index (χ2n) is 21.4. The van der Waals surface area contributed by atoms with Gasteiger partial charge in [0.05, 0.1) is 35.6 Å². The van der Waals surface area contributed by atoms with E-state index in [0.29, 0.717) is 13.2 Å². The average molecular weight is 831 g/mol. The van der Waals surface area contributed by atoms with Gasteiger partial charge in [-0.15, -0.1) is 0 Å². The van der Waals surface area contributed by atoms with Crippen LogP contribution in [-0.2, 0) is 21.7 Å². The second-order valence-corrected chi connectivity index (χ2v) is 21.4. The molecule has 2 aliphatic heterocycles. The standard InChI is InChI=1S/C56H70N4O2/c1-15-17-27-61-51-45-23-19-41(57-45)49(35-29-37(53(3,4)5)33-38(30-35)54(6,7)8)43-21-25-47(59-43)52(62-28-18-16-2)48-26-22-44(60-48)50(42-20-24-46(51)58-42)36-31-39(55(9,10)11)34-40(32-36)56(12,13)14/h19-26,29-34,57,60H,15-18,27-28H2,1-14H3. The van der Waals surface area contributed by atoms with Gasteiger partial charge in [-0.1, -0.05) is 146 Å². The zero-order valence-corrected chi connectivity index (χ0v) is 40.0. The van der Waals surface area contributed by atoms with Crippen LogP contribution in [0.2, 0.25) is 0 Å². The zero-order chi connectivity index (χ0) is 44.8. The fraction of sp³-hybridized carbons (Fsp3) is 0.429. The van der Waals surface area contributed by atoms with Crippen molar-refractivity contribution < 1.29 is 9.47 Å². The van der Waals surface area contributed by atoms with Crippen LogP contribution in [0.15, 0.2) is 60.7 Å². The number of hydrogen-bond donors (Lipinski definition) is 2. The van der Waals surface area contributed by atoms with E-state index in [-0.39, 0.29) is 21.7 Å². The van der Waals surface area contributed by atoms with Gasteiger partial charge in [0.2, 0.25) is 0 Å². The number of hydrogen-bond acceptors (Lipinski definition) is 4. The Morgan fingerprint density at radius 2 is 0.726 bits per heavy atom. The number of nitrogens with zero attached hydrogens (tertiary/aromatic N) is 2. The van der Waals surface area contributed by atoms with Crippen LogP contribution in [0.1, 0.15) is 168 Å². The number of benzene rings is 2. The lowest BCUT2D eigenvalue weighted by molar-refractivity contribution is 0.311. The van der Waals surface area contributed by atoms with E-state index in [2.05, 4.69) is 192 Å². The molecule has 0 saturated heterocycles. The van der Waals surface area contributed by atoms with E-state index in [9.17, 15) is 0 Å². The van der Waals surface area contributed by atoms with Crippen molar-refractivity contribution in [2.45, 2.75) is 144 Å². The molecule has 0 saturated carbocycles. The first-order valence-electron chi connectivity index (χ1n) is 22.9. The van der Waals surface area contributed by atoms with Crippen LogP contribution in [-0.4, -0.2) is 33.1 Å². The van der Waals surface area contributed by atoms with Crippen LogP contribution in [0.25, 0.3) is 68.6 Å². The molecule has 6 nitrogen and oxygen atoms in total. The van der Waals surface area contributed by atoms with Crippen LogP contribution in [0.4, 0.5) is 0 Å². The van der Waals surface area contributed by atoms with E-state index in [1.807, 2.05) is 0 Å². The molecule has 0 spiro atoms. The number of ether oxygens (including phenoxy) is 2. The first-order chi connectivity index (χ1) is 29.1. The first-order valence-corrected chi connectivity index (χ1v) is 22.9. The number of H-pyrrole nitrogens is 2. The summed E-state index contributed by atoms with van der Waals surface area (Å²) in [5, 5.41) is 0. The van der Waals surface area contributed by atoms with Crippen LogP contribution in [0.5, 0.6) is 11.5 Å². The van der Waals surface area contributed by atoms with Crippen LogP contribution in [0.3, 0.4) is 0 Å². The Hall–Kier alpha value is -5.36. The molecule has 5 heterocycles. The van der Waals surface area contributed by atoms with Crippen LogP contribution >= 0.6 is 0 Å². The van der Waals surface area contributed by atoms with Gasteiger partial charge in [-0.3, -0.25) is 0 Å². The van der Waals surface area contributed by atoms with E-state index in [4.69, 9.17) is 19.4 Å². The molecule has 326 valence electrons. The first kappa shape index (κ1) is 44.7. The molecular formula is C56H70N4O2. The monoisotopic (exact) mass is 831 g/mol. The van der Waals surface area contributed by atoms with E-state index in [1.165, 1.54) is 22.3 Å². The molecule has 2 aliphatic rings. The highest BCUT2D eigenvalue weighted by Gasteiger charge is 2.26. The van der Waals surface area contributed by atoms with E-state index in [0.717, 1.165) is 104 Å². The van der Waals surface area contributed by atoms with Gasteiger partial charge in [0.25, 0.3) is 0 Å². The molecule has 0 unspecified atom stereocenters. The van der Waals surface area contributed by atoms with Crippen molar-refractivity contribution in [3.05, 3.63) is 106 Å². The molecule has 3 aromatic heterocycles. The molecule has 2 N–H and O–H groups in total. The van der Waals surface area contributed by atoms with Gasteiger partial charge in [-0.25, -0.2) is 9.97 Å². The minimum Gasteiger partial charge on any atom is -0.489 e. The number of nitrogens with one attached hydrogen (secondary N) is 2. The summed E-state index contributed by atoms with van der Waals surface area (Å²) in [7, 11) is 0. The molecule has 7 rings (SSSR count). The molecule has 0 amide bonds. The Bertz CT molecular complexity index is 2440. The highest BCUT2D eigenvalue weighted by molar-refractivity contribution is 5.95. The van der Waals surface area contributed by atoms with Gasteiger partial charge in [0.15, 0.2) is 11.5 Å². The second kappa shape index (κ2) is 17.1. The minimum atomic E-state index is -0.0623. The molecule has 62 heavy (non-hydrogen) atoms. The van der Waals surface area contributed by atoms with Gasteiger partial charge < -0.3 is 19.4 Å². The van der Waals surface area contributed by atoms with Crippen LogP contribution in [0, 0.1) is 0 Å². The Kier molecular flexibility index (Phi) is 12.3. The summed E-state index contributed by atoms with van der Waals surface area (Å²) in [6, 6.07) is 22.8. The number of aromatic nitrogens is 4. The van der Waals surface area contributed by atoms with Crippen molar-refractivity contribution >= 4 is 46.4 Å². The fourth-order valence-corrected chi connectivity index (χ4v) is 7.98. The van der Waals surface area contributed by atoms with Crippen molar-refractivity contribution in [3.63, 3.8) is 0 Å². The molecule has 6 heteroatoms. The highest BCUT2D eigenvalue weighted by atomic mass is 16.5. The van der Waals surface area contributed by atoms with Crippen molar-refractivity contribution in [1.29, 1.82) is 0 Å². The summed E-state index contributed by atoms with van der Waals surface area (Å²) >= 11 is 0. The normalized spacial score (nSPS) is 13.3. The number of unbranched alkanes of at least 4 members (excludes halogenated alkanes) is 2. The summed E-state index contributed by atoms with van der Waals surface area (Å²) in [4.78, 5) is 18.6. The lowest BCUT2D eigenvalue weighted by Gasteiger charge is -2.26. The van der Waals surface area contributed by atoms with E-state index in [1.54, 1.807) is 0 Å². The summed E-state index contributed by atoms with van der Waals surface area (Å²) < 4.78 is 13.5. The molecule has 0 radical (unpaired) electrons. The molecule has 0 aliphatic carbocycles. The van der Waals surface area contributed by atoms with Gasteiger partial charge in [-0.05, 0) is 116 Å². The number of aromatic amines is 2. The summed E-state index contributed by atoms with van der Waals surface area (Å²) in [5.74, 6) is 1.48. The van der Waals surface area contributed by atoms with Crippen molar-refractivity contribution in [3.8, 4) is 33.8 Å². The molecule has 8 bridgehead atoms. The SMILES string of the molecule is CCCCOc1c2nc(c(-c3cc(C(C)(C)C)cc(C(C)(C)C)c3)c3ccc([nH]3)c(OCCCC)c3nc(c(-c4cc(C(C)(C)C)cc(C(C)(C)C)c4)c4ccc1[nH]4)C=C3)C=C2. The lowest BCUT2D eigenvalue weighted by Crippen LogP contribution is -2.16. The molecular weight excluding hydrogens is 761 g/mol. The van der Waals surface area contributed by atoms with Crippen LogP contribution < -0.4 is 9.47 Å². The summed E-state index contributed by atoms with van der Waals surface area (Å²) in [5.41, 5.74) is 16.2. The molecule has 0 atom stereocenters. The Morgan fingerprint density at radius 1 is 0.419 bits per heavy atom. The third kappa shape index (κ3) is 9.50. The van der Waals surface area contributed by atoms with Gasteiger partial charge >= 0.3 is 0 Å². The Balaban J connectivity index is 1.65. The van der Waals surface area contributed by atoms with Crippen molar-refractivity contribution in [1.82, 2.24) is 19.9 Å². The molecule has 0 fully saturated rings. The minimum absolute atomic E-state index is 0.0623. The van der Waals surface area contributed by atoms with Crippen molar-refractivity contribution in [2.24, 2.45) is 0 Å². The van der Waals surface area contributed by atoms with Crippen molar-refractivity contribution in [2.75, 3.05) is 13.2 Å². The average Bonchev–Trinajstić information content (AvgIpc) is 4.03. The fourth-order valence-electron chi connectivity index (χ4n) is 7.98. The Labute approximate surface area is 371 Å². The molecule has 2 aromatic carbocycles. The van der Waals surface area contributed by atoms with Gasteiger partial charge in [0, 0.05) is 22.2 Å². The van der Waals surface area contributed by atoms with E-state index >= 15 is 0 Å². The third-order valence-electron chi connectivity index (χ3n) is 12.1. The third-order valence-corrected chi connectivity index (χ3v) is 12.1. The largest absolute Gasteiger partial charge is 0.489 e. The predicted molar refractivity (Wildman–Crippen MR) is 265 cm³/mol. The number of rotatable bonds is 10.